The minimum atomic E-state index is 0.537. The number of hydrogen-bond acceptors (Lipinski definition) is 5. The number of hydrogen-bond donors (Lipinski definition) is 0. The summed E-state index contributed by atoms with van der Waals surface area (Å²) in [6.07, 6.45) is 3.71. The second-order valence-electron chi connectivity index (χ2n) is 5.11. The van der Waals surface area contributed by atoms with Gasteiger partial charge in [0.2, 0.25) is 0 Å². The lowest BCUT2D eigenvalue weighted by Crippen LogP contribution is -2.02. The van der Waals surface area contributed by atoms with Crippen LogP contribution in [0.5, 0.6) is 11.5 Å². The van der Waals surface area contributed by atoms with E-state index in [1.807, 2.05) is 47.2 Å². The van der Waals surface area contributed by atoms with Gasteiger partial charge in [0.05, 0.1) is 25.3 Å². The van der Waals surface area contributed by atoms with E-state index in [4.69, 9.17) is 14.7 Å². The minimum absolute atomic E-state index is 0.537. The highest BCUT2D eigenvalue weighted by Gasteiger charge is 2.06. The molecule has 0 aliphatic carbocycles. The molecule has 0 saturated carbocycles. The van der Waals surface area contributed by atoms with Gasteiger partial charge in [0.1, 0.15) is 11.5 Å². The third kappa shape index (κ3) is 4.34. The molecule has 1 heterocycles. The maximum atomic E-state index is 8.90. The first kappa shape index (κ1) is 16.9. The smallest absolute Gasteiger partial charge is 0.172 e. The number of thioether (sulfide) groups is 1. The largest absolute Gasteiger partial charge is 0.497 e. The third-order valence-electron chi connectivity index (χ3n) is 3.50. The Labute approximate surface area is 150 Å². The van der Waals surface area contributed by atoms with Gasteiger partial charge in [0, 0.05) is 23.8 Å². The molecule has 0 aliphatic heterocycles. The van der Waals surface area contributed by atoms with Crippen LogP contribution >= 0.6 is 11.8 Å². The van der Waals surface area contributed by atoms with Crippen LogP contribution in [0.15, 0.2) is 66.1 Å². The van der Waals surface area contributed by atoms with Crippen LogP contribution in [-0.4, -0.2) is 29.0 Å². The lowest BCUT2D eigenvalue weighted by molar-refractivity contribution is 0.344. The van der Waals surface area contributed by atoms with Gasteiger partial charge >= 0.3 is 0 Å². The normalized spacial score (nSPS) is 10.2. The van der Waals surface area contributed by atoms with Crippen LogP contribution in [0.3, 0.4) is 0 Å². The molecule has 3 rings (SSSR count). The van der Waals surface area contributed by atoms with Gasteiger partial charge in [-0.1, -0.05) is 17.8 Å². The molecule has 0 fully saturated rings. The lowest BCUT2D eigenvalue weighted by atomic mass is 10.2. The second-order valence-corrected chi connectivity index (χ2v) is 6.18. The van der Waals surface area contributed by atoms with E-state index in [0.29, 0.717) is 17.9 Å². The number of nitrogens with zero attached hydrogens (tertiary/aromatic N) is 3. The number of benzene rings is 2. The molecule has 0 aliphatic rings. The highest BCUT2D eigenvalue weighted by atomic mass is 32.2. The fraction of sp³-hybridized carbons (Fsp3) is 0.158. The Morgan fingerprint density at radius 2 is 2.00 bits per heavy atom. The summed E-state index contributed by atoms with van der Waals surface area (Å²) < 4.78 is 12.9. The fourth-order valence-corrected chi connectivity index (χ4v) is 3.07. The quantitative estimate of drug-likeness (QED) is 0.477. The summed E-state index contributed by atoms with van der Waals surface area (Å²) in [5.41, 5.74) is 1.63. The average Bonchev–Trinajstić information content (AvgIpc) is 3.14. The van der Waals surface area contributed by atoms with Crippen molar-refractivity contribution < 1.29 is 9.47 Å². The first-order valence-electron chi connectivity index (χ1n) is 7.73. The van der Waals surface area contributed by atoms with Gasteiger partial charge in [0.25, 0.3) is 0 Å². The van der Waals surface area contributed by atoms with E-state index in [2.05, 4.69) is 11.1 Å². The molecule has 0 bridgehead atoms. The van der Waals surface area contributed by atoms with Crippen LogP contribution < -0.4 is 9.47 Å². The van der Waals surface area contributed by atoms with E-state index in [9.17, 15) is 0 Å². The van der Waals surface area contributed by atoms with E-state index in [-0.39, 0.29) is 0 Å². The Morgan fingerprint density at radius 1 is 1.16 bits per heavy atom. The second kappa shape index (κ2) is 8.27. The van der Waals surface area contributed by atoms with Crippen molar-refractivity contribution in [3.05, 3.63) is 66.5 Å². The van der Waals surface area contributed by atoms with Crippen LogP contribution in [0.2, 0.25) is 0 Å². The first-order chi connectivity index (χ1) is 12.3. The summed E-state index contributed by atoms with van der Waals surface area (Å²) >= 11 is 1.62. The molecule has 0 radical (unpaired) electrons. The average molecular weight is 351 g/mol. The molecule has 0 spiro atoms. The summed E-state index contributed by atoms with van der Waals surface area (Å²) in [5, 5.41) is 9.80. The Balaban J connectivity index is 1.57. The van der Waals surface area contributed by atoms with Crippen molar-refractivity contribution in [2.45, 2.75) is 5.16 Å². The van der Waals surface area contributed by atoms with Gasteiger partial charge in [-0.05, 0) is 42.5 Å². The summed E-state index contributed by atoms with van der Waals surface area (Å²) in [7, 11) is 1.65. The summed E-state index contributed by atoms with van der Waals surface area (Å²) in [6.45, 7) is 0.537. The van der Waals surface area contributed by atoms with Gasteiger partial charge in [-0.15, -0.1) is 0 Å². The van der Waals surface area contributed by atoms with Crippen LogP contribution in [0.25, 0.3) is 5.69 Å². The van der Waals surface area contributed by atoms with Gasteiger partial charge in [-0.2, -0.15) is 5.26 Å². The number of nitriles is 1. The van der Waals surface area contributed by atoms with Crippen LogP contribution in [0, 0.1) is 11.3 Å². The first-order valence-corrected chi connectivity index (χ1v) is 8.72. The minimum Gasteiger partial charge on any atom is -0.497 e. The van der Waals surface area contributed by atoms with Crippen molar-refractivity contribution in [2.24, 2.45) is 0 Å². The molecule has 6 heteroatoms. The van der Waals surface area contributed by atoms with E-state index in [0.717, 1.165) is 22.3 Å². The van der Waals surface area contributed by atoms with E-state index >= 15 is 0 Å². The van der Waals surface area contributed by atoms with Gasteiger partial charge in [-0.3, -0.25) is 4.57 Å². The van der Waals surface area contributed by atoms with Crippen LogP contribution in [-0.2, 0) is 0 Å². The molecule has 1 aromatic heterocycles. The van der Waals surface area contributed by atoms with Crippen molar-refractivity contribution in [1.29, 1.82) is 5.26 Å². The van der Waals surface area contributed by atoms with Crippen LogP contribution in [0.4, 0.5) is 0 Å². The van der Waals surface area contributed by atoms with E-state index < -0.39 is 0 Å². The fourth-order valence-electron chi connectivity index (χ4n) is 2.28. The predicted octanol–water partition coefficient (Wildman–Crippen LogP) is 3.92. The predicted molar refractivity (Wildman–Crippen MR) is 97.5 cm³/mol. The summed E-state index contributed by atoms with van der Waals surface area (Å²) in [4.78, 5) is 4.40. The maximum absolute atomic E-state index is 8.90. The molecule has 25 heavy (non-hydrogen) atoms. The molecule has 126 valence electrons. The van der Waals surface area contributed by atoms with Crippen molar-refractivity contribution in [1.82, 2.24) is 9.55 Å². The van der Waals surface area contributed by atoms with Crippen molar-refractivity contribution in [2.75, 3.05) is 19.5 Å². The number of methoxy groups -OCH3 is 1. The molecule has 5 nitrogen and oxygen atoms in total. The van der Waals surface area contributed by atoms with Gasteiger partial charge in [0.15, 0.2) is 5.16 Å². The molecule has 2 aromatic carbocycles. The number of imidazole rings is 1. The molecule has 0 amide bonds. The summed E-state index contributed by atoms with van der Waals surface area (Å²) in [5.74, 6) is 2.29. The van der Waals surface area contributed by atoms with Crippen molar-refractivity contribution >= 4 is 11.8 Å². The van der Waals surface area contributed by atoms with Gasteiger partial charge in [-0.25, -0.2) is 4.98 Å². The number of rotatable bonds is 7. The maximum Gasteiger partial charge on any atom is 0.172 e. The number of aromatic nitrogens is 2. The molecule has 0 N–H and O–H groups in total. The molecule has 3 aromatic rings. The Morgan fingerprint density at radius 3 is 2.76 bits per heavy atom. The zero-order valence-corrected chi connectivity index (χ0v) is 14.6. The van der Waals surface area contributed by atoms with Crippen LogP contribution in [0.1, 0.15) is 5.56 Å². The molecule has 0 atom stereocenters. The zero-order chi connectivity index (χ0) is 17.5. The van der Waals surface area contributed by atoms with E-state index in [1.54, 1.807) is 37.2 Å². The highest BCUT2D eigenvalue weighted by Crippen LogP contribution is 2.22. The Bertz CT molecular complexity index is 869. The third-order valence-corrected chi connectivity index (χ3v) is 4.43. The summed E-state index contributed by atoms with van der Waals surface area (Å²) in [6, 6.07) is 17.1. The highest BCUT2D eigenvalue weighted by molar-refractivity contribution is 7.99. The van der Waals surface area contributed by atoms with Crippen molar-refractivity contribution in [3.63, 3.8) is 0 Å². The monoisotopic (exact) mass is 351 g/mol. The lowest BCUT2D eigenvalue weighted by Gasteiger charge is -2.09. The van der Waals surface area contributed by atoms with Crippen molar-refractivity contribution in [3.8, 4) is 23.3 Å². The molecular weight excluding hydrogens is 334 g/mol. The number of ether oxygens (including phenoxy) is 2. The molecule has 0 unspecified atom stereocenters. The molecular formula is C19H17N3O2S. The Kier molecular flexibility index (Phi) is 5.60. The van der Waals surface area contributed by atoms with E-state index in [1.165, 1.54) is 0 Å². The van der Waals surface area contributed by atoms with Gasteiger partial charge < -0.3 is 9.47 Å². The molecule has 0 saturated heterocycles. The SMILES string of the molecule is COc1ccc(-n2ccnc2SCCOc2cccc(C#N)c2)cc1. The standard InChI is InChI=1S/C19H17N3O2S/c1-23-17-7-5-16(6-8-17)22-10-9-21-19(22)25-12-11-24-18-4-2-3-15(13-18)14-20/h2-10,13H,11-12H2,1H3. The Hall–Kier alpha value is -2.91. The topological polar surface area (TPSA) is 60.1 Å². The zero-order valence-electron chi connectivity index (χ0n) is 13.8.